The van der Waals surface area contributed by atoms with Gasteiger partial charge in [0.2, 0.25) is 0 Å². The van der Waals surface area contributed by atoms with E-state index in [-0.39, 0.29) is 24.8 Å². The summed E-state index contributed by atoms with van der Waals surface area (Å²) in [5.41, 5.74) is 5.10. The van der Waals surface area contributed by atoms with Gasteiger partial charge in [0.15, 0.2) is 0 Å². The lowest BCUT2D eigenvalue weighted by Crippen LogP contribution is -2.47. The maximum Gasteiger partial charge on any atom is 0.303 e. The molecule has 12 nitrogen and oxygen atoms in total. The number of aromatic nitrogens is 3. The standard InChI is InChI=1S/C35H42FN7O5/c1-41(2)21-27-28(42-15-12-35(47,13-16-42)22-48-17-5-3-4-6-32(44)45)9-10-30(40-27)39-26-8-7-24(25-19-38-34(46)33(25)26)29-20-37-31-18-23(36)11-14-43(29)31/h7-11,14,18,20,47H,3-6,12-13,15-17,19,21-22H2,1-2H3,(H,38,46)(H,39,40)(H,44,45). The lowest BCUT2D eigenvalue weighted by atomic mass is 9.92. The summed E-state index contributed by atoms with van der Waals surface area (Å²) in [6, 6.07) is 10.5. The molecule has 4 aromatic rings. The number of unbranched alkanes of at least 4 members (excludes halogenated alkanes) is 2. The number of carbonyl (C=O) groups is 2. The highest BCUT2D eigenvalue weighted by Gasteiger charge is 2.34. The third kappa shape index (κ3) is 7.43. The summed E-state index contributed by atoms with van der Waals surface area (Å²) in [5.74, 6) is -0.710. The average molecular weight is 660 g/mol. The molecule has 4 N–H and O–H groups in total. The highest BCUT2D eigenvalue weighted by atomic mass is 19.1. The Morgan fingerprint density at radius 2 is 1.96 bits per heavy atom. The van der Waals surface area contributed by atoms with Gasteiger partial charge in [0.1, 0.15) is 17.3 Å². The SMILES string of the molecule is CN(C)Cc1nc(Nc2ccc(-c3cnc4cc(F)ccn34)c3c2C(=O)NC3)ccc1N1CCC(O)(COCCCCCC(=O)O)CC1. The molecule has 13 heteroatoms. The van der Waals surface area contributed by atoms with E-state index in [9.17, 15) is 19.1 Å². The van der Waals surface area contributed by atoms with Crippen LogP contribution in [0.25, 0.3) is 16.9 Å². The van der Waals surface area contributed by atoms with Crippen molar-refractivity contribution >= 4 is 34.7 Å². The monoisotopic (exact) mass is 659 g/mol. The fourth-order valence-corrected chi connectivity index (χ4v) is 6.48. The first kappa shape index (κ1) is 33.3. The number of anilines is 3. The van der Waals surface area contributed by atoms with E-state index in [4.69, 9.17) is 14.8 Å². The molecule has 5 heterocycles. The summed E-state index contributed by atoms with van der Waals surface area (Å²) in [6.45, 7) is 3.04. The van der Waals surface area contributed by atoms with Crippen LogP contribution in [0, 0.1) is 5.82 Å². The molecule has 48 heavy (non-hydrogen) atoms. The molecule has 0 spiro atoms. The molecule has 0 saturated carbocycles. The number of piperidine rings is 1. The van der Waals surface area contributed by atoms with Crippen LogP contribution in [0.3, 0.4) is 0 Å². The highest BCUT2D eigenvalue weighted by molar-refractivity contribution is 6.06. The van der Waals surface area contributed by atoms with Crippen LogP contribution in [0.15, 0.2) is 48.8 Å². The molecular formula is C35H42FN7O5. The predicted molar refractivity (Wildman–Crippen MR) is 180 cm³/mol. The van der Waals surface area contributed by atoms with E-state index in [1.165, 1.54) is 12.1 Å². The Labute approximate surface area is 278 Å². The van der Waals surface area contributed by atoms with Crippen LogP contribution in [0.4, 0.5) is 21.6 Å². The van der Waals surface area contributed by atoms with E-state index in [1.807, 2.05) is 42.8 Å². The summed E-state index contributed by atoms with van der Waals surface area (Å²) in [5, 5.41) is 26.3. The number of imidazole rings is 1. The van der Waals surface area contributed by atoms with E-state index in [2.05, 4.69) is 25.4 Å². The molecule has 1 fully saturated rings. The maximum atomic E-state index is 13.8. The fraction of sp³-hybridized carbons (Fsp3) is 0.429. The maximum absolute atomic E-state index is 13.8. The van der Waals surface area contributed by atoms with Crippen molar-refractivity contribution in [2.45, 2.75) is 57.2 Å². The molecule has 254 valence electrons. The van der Waals surface area contributed by atoms with Crippen molar-refractivity contribution in [1.29, 1.82) is 0 Å². The first-order chi connectivity index (χ1) is 23.1. The van der Waals surface area contributed by atoms with Crippen molar-refractivity contribution in [2.75, 3.05) is 50.6 Å². The lowest BCUT2D eigenvalue weighted by Gasteiger charge is -2.39. The van der Waals surface area contributed by atoms with Gasteiger partial charge in [-0.05, 0) is 69.6 Å². The van der Waals surface area contributed by atoms with E-state index in [0.717, 1.165) is 41.0 Å². The number of carboxylic acids is 1. The van der Waals surface area contributed by atoms with Gasteiger partial charge in [-0.15, -0.1) is 0 Å². The van der Waals surface area contributed by atoms with Crippen molar-refractivity contribution in [3.63, 3.8) is 0 Å². The average Bonchev–Trinajstić information content (AvgIpc) is 3.64. The van der Waals surface area contributed by atoms with Crippen LogP contribution >= 0.6 is 0 Å². The number of ether oxygens (including phenoxy) is 1. The van der Waals surface area contributed by atoms with Crippen LogP contribution < -0.4 is 15.5 Å². The minimum absolute atomic E-state index is 0.170. The van der Waals surface area contributed by atoms with Crippen molar-refractivity contribution in [1.82, 2.24) is 24.6 Å². The number of nitrogens with one attached hydrogen (secondary N) is 2. The Balaban J connectivity index is 1.15. The first-order valence-electron chi connectivity index (χ1n) is 16.4. The number of benzene rings is 1. The summed E-state index contributed by atoms with van der Waals surface area (Å²) in [4.78, 5) is 37.4. The van der Waals surface area contributed by atoms with Gasteiger partial charge in [-0.2, -0.15) is 0 Å². The van der Waals surface area contributed by atoms with Gasteiger partial charge in [-0.25, -0.2) is 14.4 Å². The van der Waals surface area contributed by atoms with Crippen molar-refractivity contribution < 1.29 is 28.9 Å². The molecule has 2 aliphatic heterocycles. The summed E-state index contributed by atoms with van der Waals surface area (Å²) >= 11 is 0. The molecule has 2 aliphatic rings. The number of aliphatic hydroxyl groups is 1. The van der Waals surface area contributed by atoms with Crippen LogP contribution in [-0.4, -0.2) is 87.4 Å². The Morgan fingerprint density at radius 1 is 1.15 bits per heavy atom. The van der Waals surface area contributed by atoms with Gasteiger partial charge >= 0.3 is 5.97 Å². The summed E-state index contributed by atoms with van der Waals surface area (Å²) in [7, 11) is 3.98. The Kier molecular flexibility index (Phi) is 9.90. The smallest absolute Gasteiger partial charge is 0.303 e. The van der Waals surface area contributed by atoms with Gasteiger partial charge < -0.3 is 35.4 Å². The molecule has 1 aromatic carbocycles. The third-order valence-corrected chi connectivity index (χ3v) is 8.98. The number of hydrogen-bond donors (Lipinski definition) is 4. The van der Waals surface area contributed by atoms with Crippen molar-refractivity contribution in [2.24, 2.45) is 0 Å². The number of fused-ring (bicyclic) bond motifs is 2. The molecule has 0 radical (unpaired) electrons. The number of rotatable bonds is 14. The summed E-state index contributed by atoms with van der Waals surface area (Å²) in [6.07, 6.45) is 6.81. The Morgan fingerprint density at radius 3 is 2.73 bits per heavy atom. The first-order valence-corrected chi connectivity index (χ1v) is 16.4. The number of pyridine rings is 2. The van der Waals surface area contributed by atoms with Crippen molar-refractivity contribution in [3.8, 4) is 11.3 Å². The molecule has 3 aromatic heterocycles. The second kappa shape index (κ2) is 14.3. The number of hydrogen-bond acceptors (Lipinski definition) is 9. The lowest BCUT2D eigenvalue weighted by molar-refractivity contribution is -0.137. The van der Waals surface area contributed by atoms with Gasteiger partial charge in [0.05, 0.1) is 46.7 Å². The molecule has 0 bridgehead atoms. The predicted octanol–water partition coefficient (Wildman–Crippen LogP) is 4.58. The van der Waals surface area contributed by atoms with Gasteiger partial charge in [0, 0.05) is 57.0 Å². The zero-order valence-corrected chi connectivity index (χ0v) is 27.3. The van der Waals surface area contributed by atoms with Crippen LogP contribution in [-0.2, 0) is 22.6 Å². The van der Waals surface area contributed by atoms with Gasteiger partial charge in [-0.1, -0.05) is 12.5 Å². The Bertz CT molecular complexity index is 1800. The van der Waals surface area contributed by atoms with Crippen LogP contribution in [0.1, 0.15) is 60.1 Å². The fourth-order valence-electron chi connectivity index (χ4n) is 6.48. The van der Waals surface area contributed by atoms with Crippen molar-refractivity contribution in [3.05, 3.63) is 71.4 Å². The highest BCUT2D eigenvalue weighted by Crippen LogP contribution is 2.36. The molecule has 0 atom stereocenters. The molecule has 6 rings (SSSR count). The Hall–Kier alpha value is -4.59. The second-order valence-corrected chi connectivity index (χ2v) is 12.9. The molecule has 0 unspecified atom stereocenters. The minimum Gasteiger partial charge on any atom is -0.481 e. The molecular weight excluding hydrogens is 617 g/mol. The zero-order valence-electron chi connectivity index (χ0n) is 27.3. The van der Waals surface area contributed by atoms with E-state index < -0.39 is 11.6 Å². The number of amides is 1. The zero-order chi connectivity index (χ0) is 33.8. The minimum atomic E-state index is -0.902. The van der Waals surface area contributed by atoms with Gasteiger partial charge in [0.25, 0.3) is 5.91 Å². The molecule has 1 amide bonds. The van der Waals surface area contributed by atoms with E-state index in [1.54, 1.807) is 12.4 Å². The number of nitrogens with zero attached hydrogens (tertiary/aromatic N) is 5. The van der Waals surface area contributed by atoms with Crippen LogP contribution in [0.2, 0.25) is 0 Å². The number of carboxylic acid groups (broad SMARTS) is 1. The quantitative estimate of drug-likeness (QED) is 0.142. The largest absolute Gasteiger partial charge is 0.481 e. The third-order valence-electron chi connectivity index (χ3n) is 8.98. The molecule has 0 aliphatic carbocycles. The van der Waals surface area contributed by atoms with Crippen LogP contribution in [0.5, 0.6) is 0 Å². The summed E-state index contributed by atoms with van der Waals surface area (Å²) < 4.78 is 21.4. The second-order valence-electron chi connectivity index (χ2n) is 12.9. The van der Waals surface area contributed by atoms with E-state index in [0.29, 0.717) is 74.8 Å². The van der Waals surface area contributed by atoms with Gasteiger partial charge in [-0.3, -0.25) is 14.0 Å². The number of halogens is 1. The number of aliphatic carboxylic acids is 1. The topological polar surface area (TPSA) is 145 Å². The normalized spacial score (nSPS) is 15.6. The molecule has 1 saturated heterocycles. The number of carbonyl (C=O) groups excluding carboxylic acids is 1. The van der Waals surface area contributed by atoms with E-state index >= 15 is 0 Å².